The lowest BCUT2D eigenvalue weighted by atomic mass is 10.0. The van der Waals surface area contributed by atoms with Gasteiger partial charge in [-0.05, 0) is 37.0 Å². The molecule has 0 aliphatic rings. The molecule has 0 bridgehead atoms. The molecular formula is C13H21ClN2. The molecule has 0 heterocycles. The maximum atomic E-state index is 6.04. The molecule has 0 fully saturated rings. The molecule has 1 unspecified atom stereocenters. The minimum absolute atomic E-state index is 0.195. The fourth-order valence-corrected chi connectivity index (χ4v) is 1.82. The molecule has 0 spiro atoms. The van der Waals surface area contributed by atoms with Crippen molar-refractivity contribution in [3.63, 3.8) is 0 Å². The van der Waals surface area contributed by atoms with Crippen LogP contribution in [-0.2, 0) is 0 Å². The van der Waals surface area contributed by atoms with Gasteiger partial charge in [-0.2, -0.15) is 0 Å². The summed E-state index contributed by atoms with van der Waals surface area (Å²) in [6.45, 7) is 7.15. The Balaban J connectivity index is 2.45. The van der Waals surface area contributed by atoms with Gasteiger partial charge in [-0.1, -0.05) is 31.5 Å². The summed E-state index contributed by atoms with van der Waals surface area (Å²) in [7, 11) is 0. The molecule has 1 atom stereocenters. The summed E-state index contributed by atoms with van der Waals surface area (Å²) in [5, 5.41) is 4.10. The van der Waals surface area contributed by atoms with Gasteiger partial charge < -0.3 is 11.1 Å². The average Bonchev–Trinajstić information content (AvgIpc) is 2.19. The quantitative estimate of drug-likeness (QED) is 0.828. The molecule has 1 aromatic carbocycles. The van der Waals surface area contributed by atoms with Crippen LogP contribution in [-0.4, -0.2) is 12.6 Å². The van der Waals surface area contributed by atoms with Crippen LogP contribution in [0.15, 0.2) is 18.2 Å². The Morgan fingerprint density at radius 3 is 2.62 bits per heavy atom. The molecule has 0 saturated heterocycles. The van der Waals surface area contributed by atoms with Crippen LogP contribution in [0.4, 0.5) is 5.69 Å². The van der Waals surface area contributed by atoms with Crippen LogP contribution in [0, 0.1) is 12.8 Å². The Kier molecular flexibility index (Phi) is 5.10. The molecule has 0 aliphatic heterocycles. The van der Waals surface area contributed by atoms with Crippen LogP contribution < -0.4 is 11.1 Å². The van der Waals surface area contributed by atoms with E-state index in [1.165, 1.54) is 0 Å². The van der Waals surface area contributed by atoms with Crippen molar-refractivity contribution < 1.29 is 0 Å². The number of anilines is 1. The molecule has 0 amide bonds. The van der Waals surface area contributed by atoms with Gasteiger partial charge in [-0.25, -0.2) is 0 Å². The number of hydrogen-bond donors (Lipinski definition) is 2. The molecule has 90 valence electrons. The van der Waals surface area contributed by atoms with E-state index in [0.717, 1.165) is 29.2 Å². The van der Waals surface area contributed by atoms with Crippen molar-refractivity contribution in [1.29, 1.82) is 0 Å². The fourth-order valence-electron chi connectivity index (χ4n) is 1.64. The van der Waals surface area contributed by atoms with E-state index in [2.05, 4.69) is 19.2 Å². The van der Waals surface area contributed by atoms with E-state index in [0.29, 0.717) is 5.92 Å². The number of nitrogens with two attached hydrogens (primary N) is 1. The van der Waals surface area contributed by atoms with Gasteiger partial charge in [0.15, 0.2) is 0 Å². The number of nitrogens with one attached hydrogen (secondary N) is 1. The SMILES string of the molecule is Cc1ccc(NCC(N)CC(C)C)cc1Cl. The van der Waals surface area contributed by atoms with Gasteiger partial charge in [0.1, 0.15) is 0 Å². The van der Waals surface area contributed by atoms with E-state index >= 15 is 0 Å². The van der Waals surface area contributed by atoms with Gasteiger partial charge in [0.25, 0.3) is 0 Å². The van der Waals surface area contributed by atoms with E-state index in [4.69, 9.17) is 17.3 Å². The second-order valence-electron chi connectivity index (χ2n) is 4.73. The zero-order chi connectivity index (χ0) is 12.1. The zero-order valence-electron chi connectivity index (χ0n) is 10.3. The number of hydrogen-bond acceptors (Lipinski definition) is 2. The minimum atomic E-state index is 0.195. The van der Waals surface area contributed by atoms with Crippen molar-refractivity contribution in [2.45, 2.75) is 33.2 Å². The maximum Gasteiger partial charge on any atom is 0.0455 e. The lowest BCUT2D eigenvalue weighted by Crippen LogP contribution is -2.30. The highest BCUT2D eigenvalue weighted by atomic mass is 35.5. The van der Waals surface area contributed by atoms with Gasteiger partial charge in [-0.15, -0.1) is 0 Å². The summed E-state index contributed by atoms with van der Waals surface area (Å²) < 4.78 is 0. The minimum Gasteiger partial charge on any atom is -0.383 e. The molecular weight excluding hydrogens is 220 g/mol. The third-order valence-electron chi connectivity index (χ3n) is 2.51. The Labute approximate surface area is 103 Å². The second kappa shape index (κ2) is 6.12. The number of rotatable bonds is 5. The van der Waals surface area contributed by atoms with Crippen LogP contribution in [0.3, 0.4) is 0 Å². The first-order valence-corrected chi connectivity index (χ1v) is 6.12. The van der Waals surface area contributed by atoms with Gasteiger partial charge in [0.2, 0.25) is 0 Å². The van der Waals surface area contributed by atoms with Crippen molar-refractivity contribution >= 4 is 17.3 Å². The Hall–Kier alpha value is -0.730. The number of benzene rings is 1. The maximum absolute atomic E-state index is 6.04. The van der Waals surface area contributed by atoms with Crippen LogP contribution >= 0.6 is 11.6 Å². The van der Waals surface area contributed by atoms with E-state index < -0.39 is 0 Å². The Bertz CT molecular complexity index is 337. The van der Waals surface area contributed by atoms with E-state index in [1.807, 2.05) is 25.1 Å². The number of aryl methyl sites for hydroxylation is 1. The van der Waals surface area contributed by atoms with Gasteiger partial charge in [-0.3, -0.25) is 0 Å². The standard InChI is InChI=1S/C13H21ClN2/c1-9(2)6-11(15)8-16-12-5-4-10(3)13(14)7-12/h4-5,7,9,11,16H,6,8,15H2,1-3H3. The molecule has 0 saturated carbocycles. The summed E-state index contributed by atoms with van der Waals surface area (Å²) in [4.78, 5) is 0. The molecule has 3 N–H and O–H groups in total. The summed E-state index contributed by atoms with van der Waals surface area (Å²) in [5.74, 6) is 0.637. The largest absolute Gasteiger partial charge is 0.383 e. The lowest BCUT2D eigenvalue weighted by Gasteiger charge is -2.16. The Morgan fingerprint density at radius 1 is 1.38 bits per heavy atom. The van der Waals surface area contributed by atoms with Gasteiger partial charge in [0.05, 0.1) is 0 Å². The van der Waals surface area contributed by atoms with E-state index in [9.17, 15) is 0 Å². The molecule has 0 aromatic heterocycles. The van der Waals surface area contributed by atoms with E-state index in [-0.39, 0.29) is 6.04 Å². The molecule has 3 heteroatoms. The first-order valence-electron chi connectivity index (χ1n) is 5.74. The highest BCUT2D eigenvalue weighted by Gasteiger charge is 2.05. The average molecular weight is 241 g/mol. The summed E-state index contributed by atoms with van der Waals surface area (Å²) in [6, 6.07) is 6.18. The molecule has 0 aliphatic carbocycles. The fraction of sp³-hybridized carbons (Fsp3) is 0.538. The van der Waals surface area contributed by atoms with Gasteiger partial charge >= 0.3 is 0 Å². The summed E-state index contributed by atoms with van der Waals surface area (Å²) >= 11 is 6.04. The smallest absolute Gasteiger partial charge is 0.0455 e. The van der Waals surface area contributed by atoms with Crippen LogP contribution in [0.1, 0.15) is 25.8 Å². The molecule has 0 radical (unpaired) electrons. The van der Waals surface area contributed by atoms with Crippen molar-refractivity contribution in [2.75, 3.05) is 11.9 Å². The van der Waals surface area contributed by atoms with Crippen molar-refractivity contribution in [1.82, 2.24) is 0 Å². The van der Waals surface area contributed by atoms with Crippen LogP contribution in [0.25, 0.3) is 0 Å². The highest BCUT2D eigenvalue weighted by molar-refractivity contribution is 6.31. The van der Waals surface area contributed by atoms with E-state index in [1.54, 1.807) is 0 Å². The topological polar surface area (TPSA) is 38.0 Å². The first-order chi connectivity index (χ1) is 7.49. The third kappa shape index (κ3) is 4.42. The Morgan fingerprint density at radius 2 is 2.06 bits per heavy atom. The zero-order valence-corrected chi connectivity index (χ0v) is 11.0. The lowest BCUT2D eigenvalue weighted by molar-refractivity contribution is 0.508. The first kappa shape index (κ1) is 13.3. The predicted octanol–water partition coefficient (Wildman–Crippen LogP) is 3.43. The monoisotopic (exact) mass is 240 g/mol. The number of halogens is 1. The third-order valence-corrected chi connectivity index (χ3v) is 2.92. The van der Waals surface area contributed by atoms with Gasteiger partial charge in [0, 0.05) is 23.3 Å². The highest BCUT2D eigenvalue weighted by Crippen LogP contribution is 2.19. The molecule has 2 nitrogen and oxygen atoms in total. The molecule has 1 aromatic rings. The predicted molar refractivity (Wildman–Crippen MR) is 72.1 cm³/mol. The van der Waals surface area contributed by atoms with Crippen molar-refractivity contribution in [3.8, 4) is 0 Å². The second-order valence-corrected chi connectivity index (χ2v) is 5.14. The summed E-state index contributed by atoms with van der Waals surface area (Å²) in [5.41, 5.74) is 8.13. The molecule has 16 heavy (non-hydrogen) atoms. The van der Waals surface area contributed by atoms with Crippen molar-refractivity contribution in [3.05, 3.63) is 28.8 Å². The van der Waals surface area contributed by atoms with Crippen molar-refractivity contribution in [2.24, 2.45) is 11.7 Å². The molecule has 1 rings (SSSR count). The van der Waals surface area contributed by atoms with Crippen LogP contribution in [0.5, 0.6) is 0 Å². The normalized spacial score (nSPS) is 12.9. The van der Waals surface area contributed by atoms with Crippen LogP contribution in [0.2, 0.25) is 5.02 Å². The summed E-state index contributed by atoms with van der Waals surface area (Å²) in [6.07, 6.45) is 1.03.